The number of thiazole rings is 2. The van der Waals surface area contributed by atoms with Crippen LogP contribution < -0.4 is 5.32 Å². The number of hydrogen-bond donors (Lipinski definition) is 1. The van der Waals surface area contributed by atoms with E-state index in [1.54, 1.807) is 17.0 Å². The Bertz CT molecular complexity index is 708. The van der Waals surface area contributed by atoms with E-state index in [4.69, 9.17) is 11.6 Å². The molecule has 0 aliphatic carbocycles. The molecule has 0 spiro atoms. The lowest BCUT2D eigenvalue weighted by Gasteiger charge is -1.96. The van der Waals surface area contributed by atoms with Crippen molar-refractivity contribution in [3.63, 3.8) is 0 Å². The fraction of sp³-hybridized carbons (Fsp3) is 0. The molecule has 7 heteroatoms. The maximum atomic E-state index is 11.8. The first-order valence-corrected chi connectivity index (χ1v) is 7.12. The standard InChI is InChI=1S/C11H6ClN3OS2/c12-6-1-2-7-9(3-6)18-11(14-7)15-10(16)8-4-17-5-13-8/h1-5H,(H,14,15,16). The number of rotatable bonds is 2. The summed E-state index contributed by atoms with van der Waals surface area (Å²) in [6.45, 7) is 0. The Morgan fingerprint density at radius 1 is 1.39 bits per heavy atom. The molecule has 4 nitrogen and oxygen atoms in total. The van der Waals surface area contributed by atoms with Crippen LogP contribution in [0.15, 0.2) is 29.1 Å². The van der Waals surface area contributed by atoms with Gasteiger partial charge < -0.3 is 0 Å². The zero-order valence-electron chi connectivity index (χ0n) is 8.88. The molecule has 1 amide bonds. The van der Waals surface area contributed by atoms with Crippen LogP contribution in [0, 0.1) is 0 Å². The lowest BCUT2D eigenvalue weighted by Crippen LogP contribution is -2.11. The summed E-state index contributed by atoms with van der Waals surface area (Å²) < 4.78 is 0.941. The number of carbonyl (C=O) groups is 1. The molecule has 3 rings (SSSR count). The van der Waals surface area contributed by atoms with Gasteiger partial charge in [-0.25, -0.2) is 9.97 Å². The molecule has 0 fully saturated rings. The summed E-state index contributed by atoms with van der Waals surface area (Å²) in [6, 6.07) is 5.43. The van der Waals surface area contributed by atoms with E-state index in [0.717, 1.165) is 10.2 Å². The van der Waals surface area contributed by atoms with Crippen LogP contribution in [0.5, 0.6) is 0 Å². The number of halogens is 1. The Morgan fingerprint density at radius 2 is 2.28 bits per heavy atom. The SMILES string of the molecule is O=C(Nc1nc2ccc(Cl)cc2s1)c1cscn1. The number of carbonyl (C=O) groups excluding carboxylic acids is 1. The van der Waals surface area contributed by atoms with Crippen LogP contribution in [0.4, 0.5) is 5.13 Å². The fourth-order valence-electron chi connectivity index (χ4n) is 1.44. The molecular weight excluding hydrogens is 290 g/mol. The van der Waals surface area contributed by atoms with E-state index in [2.05, 4.69) is 15.3 Å². The smallest absolute Gasteiger partial charge is 0.276 e. The number of nitrogens with zero attached hydrogens (tertiary/aromatic N) is 2. The number of amides is 1. The first-order chi connectivity index (χ1) is 8.72. The van der Waals surface area contributed by atoms with Crippen LogP contribution in [-0.4, -0.2) is 15.9 Å². The molecule has 0 aliphatic heterocycles. The Labute approximate surface area is 115 Å². The normalized spacial score (nSPS) is 10.7. The lowest BCUT2D eigenvalue weighted by atomic mass is 10.3. The molecule has 18 heavy (non-hydrogen) atoms. The molecule has 90 valence electrons. The average Bonchev–Trinajstić information content (AvgIpc) is 2.95. The molecule has 2 aromatic heterocycles. The second-order valence-electron chi connectivity index (χ2n) is 3.46. The van der Waals surface area contributed by atoms with Gasteiger partial charge in [-0.3, -0.25) is 10.1 Å². The van der Waals surface area contributed by atoms with E-state index in [9.17, 15) is 4.79 Å². The van der Waals surface area contributed by atoms with Crippen LogP contribution in [0.25, 0.3) is 10.2 Å². The van der Waals surface area contributed by atoms with Gasteiger partial charge in [-0.15, -0.1) is 11.3 Å². The molecule has 0 unspecified atom stereocenters. The summed E-state index contributed by atoms with van der Waals surface area (Å²) in [4.78, 5) is 20.0. The van der Waals surface area contributed by atoms with Crippen molar-refractivity contribution in [3.05, 3.63) is 39.8 Å². The van der Waals surface area contributed by atoms with Crippen molar-refractivity contribution < 1.29 is 4.79 Å². The maximum absolute atomic E-state index is 11.8. The Balaban J connectivity index is 1.89. The predicted molar refractivity (Wildman–Crippen MR) is 74.7 cm³/mol. The second-order valence-corrected chi connectivity index (χ2v) is 5.64. The number of anilines is 1. The summed E-state index contributed by atoms with van der Waals surface area (Å²) in [7, 11) is 0. The highest BCUT2D eigenvalue weighted by molar-refractivity contribution is 7.22. The number of nitrogens with one attached hydrogen (secondary N) is 1. The van der Waals surface area contributed by atoms with Crippen LogP contribution in [-0.2, 0) is 0 Å². The Morgan fingerprint density at radius 3 is 3.06 bits per heavy atom. The van der Waals surface area contributed by atoms with Crippen molar-refractivity contribution >= 4 is 55.5 Å². The van der Waals surface area contributed by atoms with Gasteiger partial charge in [-0.05, 0) is 18.2 Å². The minimum absolute atomic E-state index is 0.249. The van der Waals surface area contributed by atoms with E-state index in [1.807, 2.05) is 12.1 Å². The van der Waals surface area contributed by atoms with Crippen LogP contribution in [0.3, 0.4) is 0 Å². The Hall–Kier alpha value is -1.50. The van der Waals surface area contributed by atoms with Crippen LogP contribution >= 0.6 is 34.3 Å². The largest absolute Gasteiger partial charge is 0.296 e. The first-order valence-electron chi connectivity index (χ1n) is 4.98. The summed E-state index contributed by atoms with van der Waals surface area (Å²) in [5.74, 6) is -0.249. The van der Waals surface area contributed by atoms with Gasteiger partial charge in [0, 0.05) is 10.4 Å². The maximum Gasteiger partial charge on any atom is 0.276 e. The van der Waals surface area contributed by atoms with Crippen LogP contribution in [0.2, 0.25) is 5.02 Å². The molecule has 0 saturated heterocycles. The third-order valence-corrected chi connectivity index (χ3v) is 3.99. The zero-order valence-corrected chi connectivity index (χ0v) is 11.3. The van der Waals surface area contributed by atoms with Gasteiger partial charge >= 0.3 is 0 Å². The van der Waals surface area contributed by atoms with Gasteiger partial charge in [-0.2, -0.15) is 0 Å². The van der Waals surface area contributed by atoms with Crippen molar-refractivity contribution in [1.29, 1.82) is 0 Å². The molecule has 1 aromatic carbocycles. The van der Waals surface area contributed by atoms with E-state index in [1.165, 1.54) is 22.7 Å². The molecule has 2 heterocycles. The average molecular weight is 296 g/mol. The molecule has 0 radical (unpaired) electrons. The minimum atomic E-state index is -0.249. The van der Waals surface area contributed by atoms with Crippen LogP contribution in [0.1, 0.15) is 10.5 Å². The number of aromatic nitrogens is 2. The van der Waals surface area contributed by atoms with Gasteiger partial charge in [0.1, 0.15) is 5.69 Å². The molecule has 0 bridgehead atoms. The molecule has 0 saturated carbocycles. The van der Waals surface area contributed by atoms with Gasteiger partial charge in [0.05, 0.1) is 15.7 Å². The summed E-state index contributed by atoms with van der Waals surface area (Å²) >= 11 is 8.66. The highest BCUT2D eigenvalue weighted by Crippen LogP contribution is 2.28. The molecule has 1 N–H and O–H groups in total. The van der Waals surface area contributed by atoms with E-state index in [0.29, 0.717) is 15.8 Å². The second kappa shape index (κ2) is 4.64. The highest BCUT2D eigenvalue weighted by Gasteiger charge is 2.11. The van der Waals surface area contributed by atoms with E-state index in [-0.39, 0.29) is 5.91 Å². The molecular formula is C11H6ClN3OS2. The third-order valence-electron chi connectivity index (χ3n) is 2.24. The monoisotopic (exact) mass is 295 g/mol. The van der Waals surface area contributed by atoms with Crippen molar-refractivity contribution in [2.24, 2.45) is 0 Å². The highest BCUT2D eigenvalue weighted by atomic mass is 35.5. The predicted octanol–water partition coefficient (Wildman–Crippen LogP) is 3.66. The van der Waals surface area contributed by atoms with Crippen molar-refractivity contribution in [1.82, 2.24) is 9.97 Å². The minimum Gasteiger partial charge on any atom is -0.296 e. The molecule has 3 aromatic rings. The van der Waals surface area contributed by atoms with Gasteiger partial charge in [-0.1, -0.05) is 22.9 Å². The molecule has 0 atom stereocenters. The van der Waals surface area contributed by atoms with E-state index >= 15 is 0 Å². The van der Waals surface area contributed by atoms with Gasteiger partial charge in [0.2, 0.25) is 0 Å². The number of hydrogen-bond acceptors (Lipinski definition) is 5. The summed E-state index contributed by atoms with van der Waals surface area (Å²) in [5.41, 5.74) is 2.84. The van der Waals surface area contributed by atoms with Crippen molar-refractivity contribution in [3.8, 4) is 0 Å². The quantitative estimate of drug-likeness (QED) is 0.785. The zero-order chi connectivity index (χ0) is 12.5. The number of fused-ring (bicyclic) bond motifs is 1. The Kier molecular flexibility index (Phi) is 2.99. The summed E-state index contributed by atoms with van der Waals surface area (Å²) in [5, 5.41) is 5.62. The van der Waals surface area contributed by atoms with E-state index < -0.39 is 0 Å². The topological polar surface area (TPSA) is 54.9 Å². The van der Waals surface area contributed by atoms with Crippen molar-refractivity contribution in [2.45, 2.75) is 0 Å². The van der Waals surface area contributed by atoms with Gasteiger partial charge in [0.15, 0.2) is 5.13 Å². The number of benzene rings is 1. The third kappa shape index (κ3) is 2.22. The summed E-state index contributed by atoms with van der Waals surface area (Å²) in [6.07, 6.45) is 0. The molecule has 0 aliphatic rings. The van der Waals surface area contributed by atoms with Gasteiger partial charge in [0.25, 0.3) is 5.91 Å². The lowest BCUT2D eigenvalue weighted by molar-refractivity contribution is 0.102. The first kappa shape index (κ1) is 11.6. The van der Waals surface area contributed by atoms with Crippen molar-refractivity contribution in [2.75, 3.05) is 5.32 Å². The fourth-order valence-corrected chi connectivity index (χ4v) is 3.11.